The van der Waals surface area contributed by atoms with Crippen LogP contribution in [0.15, 0.2) is 30.3 Å². The monoisotopic (exact) mass is 318 g/mol. The number of rotatable bonds is 3. The van der Waals surface area contributed by atoms with Crippen molar-refractivity contribution in [2.24, 2.45) is 0 Å². The van der Waals surface area contributed by atoms with E-state index < -0.39 is 0 Å². The molecule has 1 atom stereocenters. The molecule has 0 aliphatic carbocycles. The molecule has 0 saturated carbocycles. The molecule has 1 aromatic heterocycles. The fourth-order valence-corrected chi connectivity index (χ4v) is 3.19. The van der Waals surface area contributed by atoms with Gasteiger partial charge in [0.1, 0.15) is 0 Å². The molecule has 118 valence electrons. The number of aryl methyl sites for hydroxylation is 2. The molecule has 0 fully saturated rings. The van der Waals surface area contributed by atoms with E-state index in [0.29, 0.717) is 0 Å². The number of nitrogens with one attached hydrogen (secondary N) is 1. The van der Waals surface area contributed by atoms with Gasteiger partial charge in [-0.1, -0.05) is 18.2 Å². The fourth-order valence-electron chi connectivity index (χ4n) is 3.19. The Kier molecular flexibility index (Phi) is 5.57. The molecule has 2 aromatic rings. The Morgan fingerprint density at radius 2 is 1.95 bits per heavy atom. The van der Waals surface area contributed by atoms with Gasteiger partial charge in [-0.25, -0.2) is 0 Å². The molecule has 4 heteroatoms. The van der Waals surface area contributed by atoms with Crippen molar-refractivity contribution in [3.63, 3.8) is 0 Å². The number of ether oxygens (including phenoxy) is 1. The van der Waals surface area contributed by atoms with Gasteiger partial charge in [-0.05, 0) is 61.7 Å². The molecular weight excluding hydrogens is 296 g/mol. The predicted molar refractivity (Wildman–Crippen MR) is 92.7 cm³/mol. The molecule has 0 saturated heterocycles. The van der Waals surface area contributed by atoms with Crippen LogP contribution < -0.4 is 5.32 Å². The standard InChI is InChI=1S/C18H22N2O.ClH/c1-12-9-14(10-13(2)20-12)15-5-4-6-17-16(15)7-8-21-18(17)11-19-3;/h4-6,9-10,18-19H,7-8,11H2,1-3H3;1H/t18-;/m1./s1. The zero-order chi connectivity index (χ0) is 14.8. The molecule has 3 nitrogen and oxygen atoms in total. The van der Waals surface area contributed by atoms with Crippen LogP contribution in [-0.2, 0) is 11.2 Å². The second-order valence-electron chi connectivity index (χ2n) is 5.68. The van der Waals surface area contributed by atoms with Crippen LogP contribution in [0.5, 0.6) is 0 Å². The minimum absolute atomic E-state index is 0. The lowest BCUT2D eigenvalue weighted by atomic mass is 9.89. The minimum atomic E-state index is 0. The largest absolute Gasteiger partial charge is 0.372 e. The number of nitrogens with zero attached hydrogens (tertiary/aromatic N) is 1. The number of likely N-dealkylation sites (N-methyl/N-ethyl adjacent to an activating group) is 1. The highest BCUT2D eigenvalue weighted by atomic mass is 35.5. The van der Waals surface area contributed by atoms with Gasteiger partial charge in [-0.2, -0.15) is 0 Å². The van der Waals surface area contributed by atoms with Crippen molar-refractivity contribution in [3.05, 3.63) is 52.8 Å². The Labute approximate surface area is 138 Å². The van der Waals surface area contributed by atoms with Crippen LogP contribution in [0.3, 0.4) is 0 Å². The first-order chi connectivity index (χ1) is 10.2. The Balaban J connectivity index is 0.00000176. The van der Waals surface area contributed by atoms with Crippen molar-refractivity contribution in [3.8, 4) is 11.1 Å². The number of hydrogen-bond donors (Lipinski definition) is 1. The molecule has 0 spiro atoms. The molecule has 0 amide bonds. The van der Waals surface area contributed by atoms with E-state index in [4.69, 9.17) is 4.74 Å². The highest BCUT2D eigenvalue weighted by molar-refractivity contribution is 5.85. The van der Waals surface area contributed by atoms with Gasteiger partial charge in [0.2, 0.25) is 0 Å². The van der Waals surface area contributed by atoms with Gasteiger partial charge in [0, 0.05) is 17.9 Å². The Morgan fingerprint density at radius 1 is 1.23 bits per heavy atom. The number of pyridine rings is 1. The van der Waals surface area contributed by atoms with E-state index in [1.165, 1.54) is 22.3 Å². The first-order valence-electron chi connectivity index (χ1n) is 7.52. The van der Waals surface area contributed by atoms with Crippen molar-refractivity contribution < 1.29 is 4.74 Å². The maximum Gasteiger partial charge on any atom is 0.0952 e. The van der Waals surface area contributed by atoms with Crippen LogP contribution in [-0.4, -0.2) is 25.2 Å². The van der Waals surface area contributed by atoms with Crippen molar-refractivity contribution in [2.75, 3.05) is 20.2 Å². The van der Waals surface area contributed by atoms with Crippen LogP contribution in [0.4, 0.5) is 0 Å². The van der Waals surface area contributed by atoms with Gasteiger partial charge >= 0.3 is 0 Å². The van der Waals surface area contributed by atoms with Crippen LogP contribution >= 0.6 is 12.4 Å². The van der Waals surface area contributed by atoms with E-state index in [2.05, 4.69) is 54.5 Å². The maximum absolute atomic E-state index is 5.91. The van der Waals surface area contributed by atoms with E-state index in [-0.39, 0.29) is 18.5 Å². The van der Waals surface area contributed by atoms with Crippen molar-refractivity contribution in [2.45, 2.75) is 26.4 Å². The zero-order valence-corrected chi connectivity index (χ0v) is 14.2. The third-order valence-corrected chi connectivity index (χ3v) is 4.01. The SMILES string of the molecule is CNC[C@H]1OCCc2c(-c3cc(C)nc(C)c3)cccc21.Cl. The summed E-state index contributed by atoms with van der Waals surface area (Å²) in [6.45, 7) is 5.75. The minimum Gasteiger partial charge on any atom is -0.372 e. The van der Waals surface area contributed by atoms with Gasteiger partial charge < -0.3 is 10.1 Å². The highest BCUT2D eigenvalue weighted by Gasteiger charge is 2.22. The lowest BCUT2D eigenvalue weighted by Crippen LogP contribution is -2.25. The quantitative estimate of drug-likeness (QED) is 0.938. The van der Waals surface area contributed by atoms with Crippen LogP contribution in [0.25, 0.3) is 11.1 Å². The predicted octanol–water partition coefficient (Wildman–Crippen LogP) is 3.62. The highest BCUT2D eigenvalue weighted by Crippen LogP contribution is 2.34. The average Bonchev–Trinajstić information content (AvgIpc) is 2.46. The summed E-state index contributed by atoms with van der Waals surface area (Å²) in [5.74, 6) is 0. The number of aromatic nitrogens is 1. The summed E-state index contributed by atoms with van der Waals surface area (Å²) in [5, 5.41) is 3.22. The number of benzene rings is 1. The van der Waals surface area contributed by atoms with Crippen LogP contribution in [0, 0.1) is 13.8 Å². The lowest BCUT2D eigenvalue weighted by Gasteiger charge is -2.28. The third-order valence-electron chi connectivity index (χ3n) is 4.01. The molecule has 0 radical (unpaired) electrons. The van der Waals surface area contributed by atoms with E-state index in [1.807, 2.05) is 7.05 Å². The topological polar surface area (TPSA) is 34.1 Å². The van der Waals surface area contributed by atoms with Crippen molar-refractivity contribution in [1.82, 2.24) is 10.3 Å². The number of halogens is 1. The summed E-state index contributed by atoms with van der Waals surface area (Å²) >= 11 is 0. The summed E-state index contributed by atoms with van der Waals surface area (Å²) in [5.41, 5.74) is 7.48. The van der Waals surface area contributed by atoms with Gasteiger partial charge in [0.25, 0.3) is 0 Å². The van der Waals surface area contributed by atoms with E-state index in [0.717, 1.165) is 31.0 Å². The molecule has 1 N–H and O–H groups in total. The average molecular weight is 319 g/mol. The molecule has 22 heavy (non-hydrogen) atoms. The van der Waals surface area contributed by atoms with Crippen molar-refractivity contribution >= 4 is 12.4 Å². The van der Waals surface area contributed by atoms with Crippen LogP contribution in [0.2, 0.25) is 0 Å². The molecule has 2 heterocycles. The normalized spacial score (nSPS) is 16.8. The first-order valence-corrected chi connectivity index (χ1v) is 7.52. The van der Waals surface area contributed by atoms with E-state index >= 15 is 0 Å². The lowest BCUT2D eigenvalue weighted by molar-refractivity contribution is 0.0440. The number of hydrogen-bond acceptors (Lipinski definition) is 3. The summed E-state index contributed by atoms with van der Waals surface area (Å²) in [6.07, 6.45) is 1.13. The number of fused-ring (bicyclic) bond motifs is 1. The van der Waals surface area contributed by atoms with E-state index in [9.17, 15) is 0 Å². The van der Waals surface area contributed by atoms with Gasteiger partial charge in [0.15, 0.2) is 0 Å². The first kappa shape index (κ1) is 16.9. The second-order valence-corrected chi connectivity index (χ2v) is 5.68. The molecule has 0 bridgehead atoms. The zero-order valence-electron chi connectivity index (χ0n) is 13.3. The summed E-state index contributed by atoms with van der Waals surface area (Å²) < 4.78 is 5.91. The Bertz CT molecular complexity index is 637. The third kappa shape index (κ3) is 3.32. The Hall–Kier alpha value is -1.42. The molecule has 1 aliphatic rings. The summed E-state index contributed by atoms with van der Waals surface area (Å²) in [6, 6.07) is 10.9. The Morgan fingerprint density at radius 3 is 2.64 bits per heavy atom. The smallest absolute Gasteiger partial charge is 0.0952 e. The van der Waals surface area contributed by atoms with Crippen LogP contribution in [0.1, 0.15) is 28.6 Å². The van der Waals surface area contributed by atoms with Gasteiger partial charge in [0.05, 0.1) is 12.7 Å². The summed E-state index contributed by atoms with van der Waals surface area (Å²) in [4.78, 5) is 4.48. The fraction of sp³-hybridized carbons (Fsp3) is 0.389. The molecule has 1 aliphatic heterocycles. The molecule has 1 aromatic carbocycles. The van der Waals surface area contributed by atoms with Crippen molar-refractivity contribution in [1.29, 1.82) is 0 Å². The van der Waals surface area contributed by atoms with Gasteiger partial charge in [-0.3, -0.25) is 4.98 Å². The molecule has 3 rings (SSSR count). The second kappa shape index (κ2) is 7.23. The molecule has 0 unspecified atom stereocenters. The maximum atomic E-state index is 5.91. The summed E-state index contributed by atoms with van der Waals surface area (Å²) in [7, 11) is 1.97. The van der Waals surface area contributed by atoms with Gasteiger partial charge in [-0.15, -0.1) is 12.4 Å². The van der Waals surface area contributed by atoms with E-state index in [1.54, 1.807) is 0 Å². The molecular formula is C18H23ClN2O.